The van der Waals surface area contributed by atoms with E-state index in [1.807, 2.05) is 0 Å². The molecule has 0 unspecified atom stereocenters. The Balaban J connectivity index is 0.00000162. The van der Waals surface area contributed by atoms with Crippen molar-refractivity contribution in [2.75, 3.05) is 0 Å². The Kier molecular flexibility index (Phi) is 8.15. The van der Waals surface area contributed by atoms with Gasteiger partial charge in [-0.25, -0.2) is 4.42 Å². The number of hydrogen-bond acceptors (Lipinski definition) is 2. The van der Waals surface area contributed by atoms with Crippen LogP contribution in [0.15, 0.2) is 28.4 Å². The van der Waals surface area contributed by atoms with Crippen LogP contribution in [0.2, 0.25) is 0 Å². The molecule has 97 valence electrons. The van der Waals surface area contributed by atoms with E-state index in [9.17, 15) is 10.1 Å². The first kappa shape index (κ1) is 18.3. The molecule has 2 rings (SSSR count). The number of halogens is 1. The maximum absolute atomic E-state index is 10.6. The molecule has 19 heavy (non-hydrogen) atoms. The third-order valence-electron chi connectivity index (χ3n) is 2.69. The van der Waals surface area contributed by atoms with Crippen LogP contribution >= 0.6 is 0 Å². The molecular formula is C13H14ClHgNO3+. The molecule has 1 radical (unpaired) electrons. The quantitative estimate of drug-likeness (QED) is 0.185. The molecule has 0 bridgehead atoms. The largest absolute Gasteiger partial charge is 1.00 e. The van der Waals surface area contributed by atoms with E-state index >= 15 is 0 Å². The van der Waals surface area contributed by atoms with Crippen LogP contribution in [0.3, 0.4) is 0 Å². The van der Waals surface area contributed by atoms with Crippen LogP contribution in [0.25, 0.3) is 5.73 Å². The molecule has 0 aromatic heterocycles. The first-order valence-electron chi connectivity index (χ1n) is 5.80. The Labute approximate surface area is 138 Å². The Morgan fingerprint density at radius 3 is 2.74 bits per heavy atom. The number of nitro groups is 1. The number of nitro benzene ring substituents is 1. The van der Waals surface area contributed by atoms with E-state index in [1.54, 1.807) is 6.07 Å². The van der Waals surface area contributed by atoms with E-state index in [2.05, 4.69) is 12.7 Å². The van der Waals surface area contributed by atoms with Gasteiger partial charge in [-0.15, -0.1) is 0 Å². The number of nitrogens with zero attached hydrogens (tertiary/aromatic N) is 1. The number of hydrogen-bond donors (Lipinski definition) is 0. The summed E-state index contributed by atoms with van der Waals surface area (Å²) in [6, 6.07) is 4.59. The molecule has 1 aliphatic heterocycles. The second kappa shape index (κ2) is 8.46. The number of fused-ring (bicyclic) bond motifs is 1. The summed E-state index contributed by atoms with van der Waals surface area (Å²) in [5, 5.41) is 11.3. The smallest absolute Gasteiger partial charge is 1.00 e. The van der Waals surface area contributed by atoms with Crippen LogP contribution in [0, 0.1) is 10.1 Å². The third-order valence-corrected chi connectivity index (χ3v) is 2.69. The van der Waals surface area contributed by atoms with E-state index in [0.717, 1.165) is 31.4 Å². The van der Waals surface area contributed by atoms with Crippen LogP contribution in [0.4, 0.5) is 5.69 Å². The summed E-state index contributed by atoms with van der Waals surface area (Å²) in [7, 11) is 0. The summed E-state index contributed by atoms with van der Waals surface area (Å²) in [6.07, 6.45) is 4.22. The molecule has 1 heterocycles. The molecule has 0 amide bonds. The molecular weight excluding hydrogens is 454 g/mol. The van der Waals surface area contributed by atoms with Crippen molar-refractivity contribution in [2.45, 2.75) is 32.6 Å². The van der Waals surface area contributed by atoms with E-state index in [-0.39, 0.29) is 45.8 Å². The van der Waals surface area contributed by atoms with Gasteiger partial charge in [0.2, 0.25) is 0 Å². The Hall–Kier alpha value is -0.705. The zero-order valence-electron chi connectivity index (χ0n) is 10.8. The van der Waals surface area contributed by atoms with Gasteiger partial charge in [-0.1, -0.05) is 19.8 Å². The summed E-state index contributed by atoms with van der Waals surface area (Å²) < 4.78 is 5.57. The third kappa shape index (κ3) is 4.71. The Morgan fingerprint density at radius 2 is 2.11 bits per heavy atom. The van der Waals surface area contributed by atoms with Crippen molar-refractivity contribution in [1.82, 2.24) is 0 Å². The average molecular weight is 468 g/mol. The fraction of sp³-hybridized carbons (Fsp3) is 0.385. The predicted molar refractivity (Wildman–Crippen MR) is 65.6 cm³/mol. The second-order valence-corrected chi connectivity index (χ2v) is 4.04. The first-order valence-corrected chi connectivity index (χ1v) is 5.80. The molecule has 6 heteroatoms. The van der Waals surface area contributed by atoms with Crippen molar-refractivity contribution in [3.63, 3.8) is 0 Å². The molecule has 1 aromatic carbocycles. The van der Waals surface area contributed by atoms with Gasteiger partial charge in [-0.2, -0.15) is 0 Å². The number of unbranched alkanes of at least 4 members (excludes halogenated alkanes) is 2. The monoisotopic (exact) mass is 469 g/mol. The van der Waals surface area contributed by atoms with Crippen LogP contribution in [0.1, 0.15) is 32.6 Å². The minimum atomic E-state index is -0.406. The number of non-ortho nitro benzene ring substituents is 1. The molecule has 0 fully saturated rings. The van der Waals surface area contributed by atoms with Gasteiger partial charge in [0.05, 0.1) is 17.4 Å². The normalized spacial score (nSPS) is 11.1. The predicted octanol–water partition coefficient (Wildman–Crippen LogP) is -0.932. The summed E-state index contributed by atoms with van der Waals surface area (Å²) in [5.74, 6) is 0.786. The summed E-state index contributed by atoms with van der Waals surface area (Å²) in [4.78, 5) is 10.2. The molecule has 1 aliphatic rings. The molecule has 0 N–H and O–H groups in total. The Bertz CT molecular complexity index is 609. The fourth-order valence-electron chi connectivity index (χ4n) is 1.78. The summed E-state index contributed by atoms with van der Waals surface area (Å²) in [6.45, 7) is 2.14. The van der Waals surface area contributed by atoms with Crippen molar-refractivity contribution in [3.8, 4) is 0 Å². The zero-order chi connectivity index (χ0) is 12.3. The molecule has 0 spiro atoms. The van der Waals surface area contributed by atoms with Crippen LogP contribution in [-0.4, -0.2) is 4.92 Å². The topological polar surface area (TPSA) is 54.4 Å². The summed E-state index contributed by atoms with van der Waals surface area (Å²) >= 11 is 0. The van der Waals surface area contributed by atoms with Crippen LogP contribution in [-0.2, 0) is 27.7 Å². The minimum absolute atomic E-state index is 0. The summed E-state index contributed by atoms with van der Waals surface area (Å²) in [5.41, 5.74) is 3.83. The van der Waals surface area contributed by atoms with Gasteiger partial charge in [0, 0.05) is 17.9 Å². The van der Waals surface area contributed by atoms with Crippen LogP contribution in [0.5, 0.6) is 0 Å². The molecule has 1 aromatic rings. The van der Waals surface area contributed by atoms with Crippen molar-refractivity contribution in [2.24, 2.45) is 0 Å². The standard InChI is InChI=1S/C13H14NO3.ClH.Hg/c1-2-3-4-5-12-9-10-8-11(14(15)16)6-7-13(10)17-12;;/h6-8H,2-5H2,1H3;1H;/q+1;;+1/p-1. The molecule has 4 nitrogen and oxygen atoms in total. The van der Waals surface area contributed by atoms with E-state index < -0.39 is 4.92 Å². The van der Waals surface area contributed by atoms with Gasteiger partial charge in [0.1, 0.15) is 5.22 Å². The average Bonchev–Trinajstić information content (AvgIpc) is 2.70. The molecule has 0 saturated heterocycles. The molecule has 0 saturated carbocycles. The van der Waals surface area contributed by atoms with Crippen LogP contribution < -0.4 is 23.1 Å². The first-order chi connectivity index (χ1) is 8.20. The van der Waals surface area contributed by atoms with Gasteiger partial charge in [0.25, 0.3) is 5.69 Å². The minimum Gasteiger partial charge on any atom is -1.00 e. The maximum Gasteiger partial charge on any atom is 1.00 e. The van der Waals surface area contributed by atoms with Crippen molar-refractivity contribution < 1.29 is 45.0 Å². The zero-order valence-corrected chi connectivity index (χ0v) is 17.1. The fourth-order valence-corrected chi connectivity index (χ4v) is 1.78. The number of benzene rings is 1. The SMILES string of the molecule is CCCCCC1=C=c2cc([N+](=O)[O-])ccc2=[O+]1.[Cl-].[Hg+]. The van der Waals surface area contributed by atoms with Gasteiger partial charge < -0.3 is 12.4 Å². The van der Waals surface area contributed by atoms with Gasteiger partial charge in [0.15, 0.2) is 0 Å². The van der Waals surface area contributed by atoms with Gasteiger partial charge in [-0.3, -0.25) is 10.1 Å². The maximum atomic E-state index is 10.6. The van der Waals surface area contributed by atoms with E-state index in [1.165, 1.54) is 12.1 Å². The molecule has 0 aliphatic carbocycles. The van der Waals surface area contributed by atoms with Gasteiger partial charge >= 0.3 is 38.9 Å². The molecule has 0 atom stereocenters. The van der Waals surface area contributed by atoms with Crippen molar-refractivity contribution in [1.29, 1.82) is 0 Å². The Morgan fingerprint density at radius 1 is 1.37 bits per heavy atom. The van der Waals surface area contributed by atoms with E-state index in [0.29, 0.717) is 10.6 Å². The second-order valence-electron chi connectivity index (χ2n) is 4.04. The van der Waals surface area contributed by atoms with E-state index in [4.69, 9.17) is 4.42 Å². The van der Waals surface area contributed by atoms with Gasteiger partial charge in [-0.05, 0) is 6.42 Å². The van der Waals surface area contributed by atoms with Crippen molar-refractivity contribution >= 4 is 11.4 Å². The number of rotatable bonds is 5. The number of allylic oxidation sites excluding steroid dienone is 1. The van der Waals surface area contributed by atoms with Crippen molar-refractivity contribution in [3.05, 3.63) is 49.1 Å².